The summed E-state index contributed by atoms with van der Waals surface area (Å²) < 4.78 is 10.8. The van der Waals surface area contributed by atoms with Crippen molar-refractivity contribution in [2.75, 3.05) is 6.61 Å². The molecule has 9 nitrogen and oxygen atoms in total. The van der Waals surface area contributed by atoms with Crippen molar-refractivity contribution in [2.45, 2.75) is 44.0 Å². The lowest BCUT2D eigenvalue weighted by molar-refractivity contribution is 0.0949. The van der Waals surface area contributed by atoms with E-state index in [9.17, 15) is 9.59 Å². The summed E-state index contributed by atoms with van der Waals surface area (Å²) in [7, 11) is 1.60. The number of carbonyl (C=O) groups excluding carboxylic acids is 1. The summed E-state index contributed by atoms with van der Waals surface area (Å²) in [5.41, 5.74) is 1.43. The van der Waals surface area contributed by atoms with E-state index in [1.165, 1.54) is 16.8 Å². The first-order chi connectivity index (χ1) is 16.3. The Morgan fingerprint density at radius 2 is 2.06 bits per heavy atom. The molecule has 1 aromatic carbocycles. The van der Waals surface area contributed by atoms with Crippen LogP contribution < -0.4 is 20.3 Å². The molecule has 1 aliphatic rings. The number of benzene rings is 1. The molecule has 2 aromatic heterocycles. The van der Waals surface area contributed by atoms with Crippen LogP contribution in [0, 0.1) is 11.3 Å². The maximum atomic E-state index is 13.0. The van der Waals surface area contributed by atoms with Crippen LogP contribution in [0.4, 0.5) is 0 Å². The minimum Gasteiger partial charge on any atom is -0.474 e. The molecule has 4 rings (SSSR count). The van der Waals surface area contributed by atoms with Crippen molar-refractivity contribution in [2.24, 2.45) is 7.05 Å². The monoisotopic (exact) mass is 478 g/mol. The third kappa shape index (κ3) is 5.21. The minimum atomic E-state index is -0.487. The van der Waals surface area contributed by atoms with E-state index in [-0.39, 0.29) is 22.7 Å². The number of nitriles is 1. The molecule has 2 N–H and O–H groups in total. The zero-order valence-corrected chi connectivity index (χ0v) is 20.1. The van der Waals surface area contributed by atoms with Gasteiger partial charge in [-0.3, -0.25) is 14.3 Å². The molecule has 34 heavy (non-hydrogen) atoms. The number of nitrogens with one attached hydrogen (secondary N) is 2. The average molecular weight is 479 g/mol. The van der Waals surface area contributed by atoms with Gasteiger partial charge in [0.25, 0.3) is 17.3 Å². The standard InChI is InChI=1S/C24H26N6O3S/c1-15(2)29-34-24(8-9-24)14-33-22-20-18(13-27-28-22)10-19(23(32)30(20)3)21(31)26-12-17-6-4-16(11-25)5-7-17/h4-7,10,13,15,29H,8-9,12,14H2,1-3H3,(H,26,31). The molecule has 2 heterocycles. The van der Waals surface area contributed by atoms with Gasteiger partial charge in [-0.1, -0.05) is 24.1 Å². The van der Waals surface area contributed by atoms with Crippen LogP contribution in [0.5, 0.6) is 5.88 Å². The van der Waals surface area contributed by atoms with Gasteiger partial charge in [-0.15, -0.1) is 5.10 Å². The molecular weight excluding hydrogens is 452 g/mol. The molecule has 0 spiro atoms. The maximum absolute atomic E-state index is 13.0. The Bertz CT molecular complexity index is 1310. The van der Waals surface area contributed by atoms with Crippen LogP contribution in [-0.4, -0.2) is 38.1 Å². The number of fused-ring (bicyclic) bond motifs is 1. The normalized spacial score (nSPS) is 14.1. The fourth-order valence-corrected chi connectivity index (χ4v) is 4.32. The molecule has 0 atom stereocenters. The molecule has 1 saturated carbocycles. The SMILES string of the molecule is CC(C)NSC1(COc2nncc3cc(C(=O)NCc4ccc(C#N)cc4)c(=O)n(C)c23)CC1. The van der Waals surface area contributed by atoms with Gasteiger partial charge in [-0.2, -0.15) is 10.4 Å². The van der Waals surface area contributed by atoms with Crippen molar-refractivity contribution in [3.05, 3.63) is 63.6 Å². The van der Waals surface area contributed by atoms with E-state index in [0.717, 1.165) is 18.4 Å². The first kappa shape index (κ1) is 23.7. The van der Waals surface area contributed by atoms with Crippen LogP contribution in [-0.2, 0) is 13.6 Å². The number of aryl methyl sites for hydroxylation is 1. The van der Waals surface area contributed by atoms with Crippen molar-refractivity contribution in [1.29, 1.82) is 5.26 Å². The van der Waals surface area contributed by atoms with E-state index in [2.05, 4.69) is 40.2 Å². The highest BCUT2D eigenvalue weighted by Gasteiger charge is 2.45. The Kier molecular flexibility index (Phi) is 6.86. The molecule has 1 fully saturated rings. The van der Waals surface area contributed by atoms with Crippen molar-refractivity contribution in [3.8, 4) is 11.9 Å². The molecule has 0 saturated heterocycles. The number of carbonyl (C=O) groups is 1. The Balaban J connectivity index is 1.52. The first-order valence-corrected chi connectivity index (χ1v) is 11.8. The predicted octanol–water partition coefficient (Wildman–Crippen LogP) is 2.69. The quantitative estimate of drug-likeness (QED) is 0.450. The number of pyridine rings is 1. The lowest BCUT2D eigenvalue weighted by Gasteiger charge is -2.18. The number of amides is 1. The summed E-state index contributed by atoms with van der Waals surface area (Å²) in [6.07, 6.45) is 3.59. The zero-order valence-electron chi connectivity index (χ0n) is 19.3. The van der Waals surface area contributed by atoms with Crippen LogP contribution in [0.1, 0.15) is 48.2 Å². The second kappa shape index (κ2) is 9.83. The summed E-state index contributed by atoms with van der Waals surface area (Å²) in [6, 6.07) is 10.8. The molecule has 1 aliphatic carbocycles. The number of hydrogen-bond acceptors (Lipinski definition) is 8. The number of nitrogens with zero attached hydrogens (tertiary/aromatic N) is 4. The number of hydrogen-bond donors (Lipinski definition) is 2. The number of ether oxygens (including phenoxy) is 1. The van der Waals surface area contributed by atoms with Crippen LogP contribution in [0.15, 0.2) is 41.3 Å². The Morgan fingerprint density at radius 1 is 1.32 bits per heavy atom. The summed E-state index contributed by atoms with van der Waals surface area (Å²) >= 11 is 1.68. The lowest BCUT2D eigenvalue weighted by Crippen LogP contribution is -2.32. The molecule has 0 unspecified atom stereocenters. The molecule has 0 bridgehead atoms. The summed E-state index contributed by atoms with van der Waals surface area (Å²) in [4.78, 5) is 25.8. The van der Waals surface area contributed by atoms with E-state index in [0.29, 0.717) is 29.1 Å². The van der Waals surface area contributed by atoms with E-state index in [1.807, 2.05) is 0 Å². The van der Waals surface area contributed by atoms with Gasteiger partial charge in [-0.25, -0.2) is 0 Å². The highest BCUT2D eigenvalue weighted by Crippen LogP contribution is 2.47. The largest absolute Gasteiger partial charge is 0.474 e. The predicted molar refractivity (Wildman–Crippen MR) is 130 cm³/mol. The Hall–Kier alpha value is -3.42. The number of aromatic nitrogens is 3. The van der Waals surface area contributed by atoms with E-state index < -0.39 is 11.5 Å². The lowest BCUT2D eigenvalue weighted by atomic mass is 10.1. The smallest absolute Gasteiger partial charge is 0.263 e. The molecular formula is C24H26N6O3S. The second-order valence-electron chi connectivity index (χ2n) is 8.71. The molecule has 10 heteroatoms. The summed E-state index contributed by atoms with van der Waals surface area (Å²) in [6.45, 7) is 4.87. The van der Waals surface area contributed by atoms with Gasteiger partial charge in [-0.05, 0) is 50.5 Å². The second-order valence-corrected chi connectivity index (χ2v) is 10.0. The topological polar surface area (TPSA) is 122 Å². The van der Waals surface area contributed by atoms with Crippen molar-refractivity contribution in [1.82, 2.24) is 24.8 Å². The van der Waals surface area contributed by atoms with E-state index in [4.69, 9.17) is 10.00 Å². The Morgan fingerprint density at radius 3 is 2.71 bits per heavy atom. The van der Waals surface area contributed by atoms with Gasteiger partial charge in [0.05, 0.1) is 22.6 Å². The van der Waals surface area contributed by atoms with Gasteiger partial charge >= 0.3 is 0 Å². The molecule has 176 valence electrons. The van der Waals surface area contributed by atoms with Crippen LogP contribution in [0.2, 0.25) is 0 Å². The molecule has 1 amide bonds. The van der Waals surface area contributed by atoms with Crippen LogP contribution >= 0.6 is 11.9 Å². The third-order valence-electron chi connectivity index (χ3n) is 5.56. The number of rotatable bonds is 9. The maximum Gasteiger partial charge on any atom is 0.263 e. The zero-order chi connectivity index (χ0) is 24.3. The van der Waals surface area contributed by atoms with Gasteiger partial charge < -0.3 is 14.6 Å². The van der Waals surface area contributed by atoms with Gasteiger partial charge in [0.1, 0.15) is 17.7 Å². The van der Waals surface area contributed by atoms with Crippen LogP contribution in [0.3, 0.4) is 0 Å². The van der Waals surface area contributed by atoms with Crippen molar-refractivity contribution >= 4 is 28.8 Å². The third-order valence-corrected chi connectivity index (χ3v) is 7.11. The summed E-state index contributed by atoms with van der Waals surface area (Å²) in [5.74, 6) is -0.211. The minimum absolute atomic E-state index is 0.00174. The average Bonchev–Trinajstić information content (AvgIpc) is 3.62. The highest BCUT2D eigenvalue weighted by molar-refractivity contribution is 7.99. The molecule has 0 aliphatic heterocycles. The summed E-state index contributed by atoms with van der Waals surface area (Å²) in [5, 5.41) is 20.4. The first-order valence-electron chi connectivity index (χ1n) is 11.0. The van der Waals surface area contributed by atoms with Gasteiger partial charge in [0.15, 0.2) is 0 Å². The van der Waals surface area contributed by atoms with E-state index in [1.54, 1.807) is 43.3 Å². The molecule has 0 radical (unpaired) electrons. The van der Waals surface area contributed by atoms with Crippen molar-refractivity contribution in [3.63, 3.8) is 0 Å². The fraction of sp³-hybridized carbons (Fsp3) is 0.375. The molecule has 3 aromatic rings. The van der Waals surface area contributed by atoms with Gasteiger partial charge in [0.2, 0.25) is 0 Å². The highest BCUT2D eigenvalue weighted by atomic mass is 32.2. The fourth-order valence-electron chi connectivity index (χ4n) is 3.41. The van der Waals surface area contributed by atoms with E-state index >= 15 is 0 Å². The Labute approximate surface area is 201 Å². The van der Waals surface area contributed by atoms with Gasteiger partial charge in [0, 0.05) is 25.0 Å². The van der Waals surface area contributed by atoms with Crippen molar-refractivity contribution < 1.29 is 9.53 Å². The van der Waals surface area contributed by atoms with Crippen LogP contribution in [0.25, 0.3) is 10.9 Å².